The van der Waals surface area contributed by atoms with Crippen molar-refractivity contribution in [3.05, 3.63) is 48.1 Å². The molecule has 1 amide bonds. The molecule has 106 valence electrons. The lowest BCUT2D eigenvalue weighted by Gasteiger charge is -2.26. The fraction of sp³-hybridized carbons (Fsp3) is 0.400. The Morgan fingerprint density at radius 1 is 1.35 bits per heavy atom. The van der Waals surface area contributed by atoms with Crippen LogP contribution in [0.1, 0.15) is 49.4 Å². The Morgan fingerprint density at radius 3 is 2.70 bits per heavy atom. The zero-order chi connectivity index (χ0) is 14.6. The van der Waals surface area contributed by atoms with E-state index in [1.165, 1.54) is 6.20 Å². The van der Waals surface area contributed by atoms with Gasteiger partial charge in [-0.15, -0.1) is 0 Å². The van der Waals surface area contributed by atoms with Crippen LogP contribution < -0.4 is 5.32 Å². The lowest BCUT2D eigenvalue weighted by atomic mass is 9.86. The SMILES string of the molecule is CC(C)(C)C[C@H](NC(=O)c1ccno1)c1cccnc1. The number of pyridine rings is 1. The predicted molar refractivity (Wildman–Crippen MR) is 75.0 cm³/mol. The van der Waals surface area contributed by atoms with Gasteiger partial charge in [-0.3, -0.25) is 9.78 Å². The standard InChI is InChI=1S/C15H19N3O2/c1-15(2,3)9-12(11-5-4-7-16-10-11)18-14(19)13-6-8-17-20-13/h4-8,10,12H,9H2,1-3H3,(H,18,19)/t12-/m0/s1. The summed E-state index contributed by atoms with van der Waals surface area (Å²) in [6.07, 6.45) is 5.75. The minimum atomic E-state index is -0.263. The Labute approximate surface area is 118 Å². The number of amides is 1. The second-order valence-electron chi connectivity index (χ2n) is 5.95. The number of aromatic nitrogens is 2. The van der Waals surface area contributed by atoms with Crippen LogP contribution in [0.2, 0.25) is 0 Å². The highest BCUT2D eigenvalue weighted by molar-refractivity contribution is 5.91. The summed E-state index contributed by atoms with van der Waals surface area (Å²) in [7, 11) is 0. The van der Waals surface area contributed by atoms with E-state index in [1.54, 1.807) is 18.5 Å². The van der Waals surface area contributed by atoms with Gasteiger partial charge in [0, 0.05) is 18.5 Å². The van der Waals surface area contributed by atoms with Crippen molar-refractivity contribution in [1.29, 1.82) is 0 Å². The number of carbonyl (C=O) groups is 1. The topological polar surface area (TPSA) is 68.0 Å². The number of rotatable bonds is 4. The summed E-state index contributed by atoms with van der Waals surface area (Å²) in [6, 6.07) is 5.27. The minimum Gasteiger partial charge on any atom is -0.351 e. The van der Waals surface area contributed by atoms with Gasteiger partial charge in [0.2, 0.25) is 5.76 Å². The first-order chi connectivity index (χ1) is 9.46. The first kappa shape index (κ1) is 14.2. The minimum absolute atomic E-state index is 0.0786. The van der Waals surface area contributed by atoms with Crippen LogP contribution in [0.5, 0.6) is 0 Å². The second-order valence-corrected chi connectivity index (χ2v) is 5.95. The molecule has 0 radical (unpaired) electrons. The van der Waals surface area contributed by atoms with E-state index < -0.39 is 0 Å². The van der Waals surface area contributed by atoms with Gasteiger partial charge in [0.05, 0.1) is 12.2 Å². The van der Waals surface area contributed by atoms with Crippen LogP contribution in [0.3, 0.4) is 0 Å². The average molecular weight is 273 g/mol. The zero-order valence-corrected chi connectivity index (χ0v) is 12.0. The number of nitrogens with zero attached hydrogens (tertiary/aromatic N) is 2. The molecule has 1 N–H and O–H groups in total. The number of hydrogen-bond acceptors (Lipinski definition) is 4. The van der Waals surface area contributed by atoms with Crippen LogP contribution in [0.4, 0.5) is 0 Å². The van der Waals surface area contributed by atoms with Crippen molar-refractivity contribution in [2.24, 2.45) is 5.41 Å². The van der Waals surface area contributed by atoms with Crippen LogP contribution >= 0.6 is 0 Å². The van der Waals surface area contributed by atoms with E-state index in [9.17, 15) is 4.79 Å². The van der Waals surface area contributed by atoms with Crippen molar-refractivity contribution >= 4 is 5.91 Å². The largest absolute Gasteiger partial charge is 0.351 e. The monoisotopic (exact) mass is 273 g/mol. The van der Waals surface area contributed by atoms with Gasteiger partial charge in [-0.05, 0) is 23.5 Å². The highest BCUT2D eigenvalue weighted by Gasteiger charge is 2.23. The van der Waals surface area contributed by atoms with Gasteiger partial charge >= 0.3 is 0 Å². The van der Waals surface area contributed by atoms with Crippen molar-refractivity contribution in [3.8, 4) is 0 Å². The zero-order valence-electron chi connectivity index (χ0n) is 12.0. The molecule has 2 heterocycles. The molecule has 2 rings (SSSR count). The first-order valence-electron chi connectivity index (χ1n) is 6.57. The molecule has 0 aliphatic carbocycles. The number of nitrogens with one attached hydrogen (secondary N) is 1. The number of hydrogen-bond donors (Lipinski definition) is 1. The maximum atomic E-state index is 12.1. The van der Waals surface area contributed by atoms with Gasteiger partial charge in [0.25, 0.3) is 5.91 Å². The predicted octanol–water partition coefficient (Wildman–Crippen LogP) is 2.98. The molecule has 0 aliphatic heterocycles. The molecule has 0 saturated carbocycles. The lowest BCUT2D eigenvalue weighted by molar-refractivity contribution is 0.0889. The lowest BCUT2D eigenvalue weighted by Crippen LogP contribution is -2.31. The molecule has 2 aromatic heterocycles. The van der Waals surface area contributed by atoms with Crippen LogP contribution in [0.15, 0.2) is 41.3 Å². The van der Waals surface area contributed by atoms with Crippen molar-refractivity contribution in [3.63, 3.8) is 0 Å². The van der Waals surface area contributed by atoms with Crippen molar-refractivity contribution in [1.82, 2.24) is 15.5 Å². The fourth-order valence-electron chi connectivity index (χ4n) is 2.01. The average Bonchev–Trinajstić information content (AvgIpc) is 2.91. The molecular weight excluding hydrogens is 254 g/mol. The van der Waals surface area contributed by atoms with Crippen LogP contribution in [0, 0.1) is 5.41 Å². The summed E-state index contributed by atoms with van der Waals surface area (Å²) < 4.78 is 4.88. The maximum Gasteiger partial charge on any atom is 0.290 e. The highest BCUT2D eigenvalue weighted by Crippen LogP contribution is 2.29. The third-order valence-corrected chi connectivity index (χ3v) is 2.87. The molecule has 0 fully saturated rings. The third kappa shape index (κ3) is 3.91. The smallest absolute Gasteiger partial charge is 0.290 e. The van der Waals surface area contributed by atoms with E-state index in [4.69, 9.17) is 4.52 Å². The molecule has 0 aromatic carbocycles. The molecule has 20 heavy (non-hydrogen) atoms. The molecule has 2 aromatic rings. The molecule has 1 atom stereocenters. The van der Waals surface area contributed by atoms with Gasteiger partial charge in [-0.1, -0.05) is 32.0 Å². The fourth-order valence-corrected chi connectivity index (χ4v) is 2.01. The maximum absolute atomic E-state index is 12.1. The molecule has 0 bridgehead atoms. The quantitative estimate of drug-likeness (QED) is 0.929. The molecule has 5 heteroatoms. The van der Waals surface area contributed by atoms with Gasteiger partial charge in [-0.25, -0.2) is 0 Å². The van der Waals surface area contributed by atoms with Crippen LogP contribution in [-0.4, -0.2) is 16.0 Å². The van der Waals surface area contributed by atoms with E-state index in [0.717, 1.165) is 12.0 Å². The Hall–Kier alpha value is -2.17. The van der Waals surface area contributed by atoms with Crippen molar-refractivity contribution in [2.75, 3.05) is 0 Å². The van der Waals surface area contributed by atoms with E-state index in [1.807, 2.05) is 12.1 Å². The van der Waals surface area contributed by atoms with E-state index in [0.29, 0.717) is 0 Å². The van der Waals surface area contributed by atoms with Gasteiger partial charge < -0.3 is 9.84 Å². The second kappa shape index (κ2) is 5.86. The van der Waals surface area contributed by atoms with E-state index in [2.05, 4.69) is 36.2 Å². The van der Waals surface area contributed by atoms with Crippen molar-refractivity contribution in [2.45, 2.75) is 33.2 Å². The molecular formula is C15H19N3O2. The first-order valence-corrected chi connectivity index (χ1v) is 6.57. The summed E-state index contributed by atoms with van der Waals surface area (Å²) in [4.78, 5) is 16.2. The molecule has 0 saturated heterocycles. The molecule has 5 nitrogen and oxygen atoms in total. The van der Waals surface area contributed by atoms with E-state index >= 15 is 0 Å². The van der Waals surface area contributed by atoms with E-state index in [-0.39, 0.29) is 23.1 Å². The summed E-state index contributed by atoms with van der Waals surface area (Å²) in [5.41, 5.74) is 1.06. The molecule has 0 aliphatic rings. The van der Waals surface area contributed by atoms with Gasteiger partial charge in [0.15, 0.2) is 0 Å². The normalized spacial score (nSPS) is 12.9. The van der Waals surface area contributed by atoms with Gasteiger partial charge in [0.1, 0.15) is 0 Å². The van der Waals surface area contributed by atoms with Crippen LogP contribution in [-0.2, 0) is 0 Å². The van der Waals surface area contributed by atoms with Gasteiger partial charge in [-0.2, -0.15) is 0 Å². The summed E-state index contributed by atoms with van der Waals surface area (Å²) in [6.45, 7) is 6.41. The Kier molecular flexibility index (Phi) is 4.17. The Balaban J connectivity index is 2.17. The summed E-state index contributed by atoms with van der Waals surface area (Å²) in [5.74, 6) is -0.0478. The Morgan fingerprint density at radius 2 is 2.15 bits per heavy atom. The summed E-state index contributed by atoms with van der Waals surface area (Å²) >= 11 is 0. The van der Waals surface area contributed by atoms with Crippen molar-refractivity contribution < 1.29 is 9.32 Å². The number of carbonyl (C=O) groups excluding carboxylic acids is 1. The third-order valence-electron chi connectivity index (χ3n) is 2.87. The molecule has 0 spiro atoms. The summed E-state index contributed by atoms with van der Waals surface area (Å²) in [5, 5.41) is 6.53. The Bertz CT molecular complexity index is 544. The van der Waals surface area contributed by atoms with Crippen LogP contribution in [0.25, 0.3) is 0 Å². The molecule has 0 unspecified atom stereocenters. The highest BCUT2D eigenvalue weighted by atomic mass is 16.5.